The Hall–Kier alpha value is -3.44. The van der Waals surface area contributed by atoms with Crippen LogP contribution in [0, 0.1) is 0 Å². The Kier molecular flexibility index (Phi) is 6.56. The van der Waals surface area contributed by atoms with Crippen LogP contribution in [-0.4, -0.2) is 45.9 Å². The average Bonchev–Trinajstić information content (AvgIpc) is 3.29. The molecule has 0 bridgehead atoms. The summed E-state index contributed by atoms with van der Waals surface area (Å²) in [6.45, 7) is 1.57. The molecule has 1 heterocycles. The van der Waals surface area contributed by atoms with E-state index in [2.05, 4.69) is 14.9 Å². The number of aromatic nitrogens is 2. The molecule has 11 heteroatoms. The first-order chi connectivity index (χ1) is 14.8. The van der Waals surface area contributed by atoms with Gasteiger partial charge >= 0.3 is 5.97 Å². The van der Waals surface area contributed by atoms with Crippen LogP contribution in [0.25, 0.3) is 11.5 Å². The summed E-state index contributed by atoms with van der Waals surface area (Å²) in [4.78, 5) is 12.4. The Morgan fingerprint density at radius 1 is 1.06 bits per heavy atom. The summed E-state index contributed by atoms with van der Waals surface area (Å²) in [5.41, 5.74) is 0.700. The van der Waals surface area contributed by atoms with Gasteiger partial charge in [-0.2, -0.15) is 0 Å². The first kappa shape index (κ1) is 22.2. The summed E-state index contributed by atoms with van der Waals surface area (Å²) in [6, 6.07) is 11.0. The maximum absolute atomic E-state index is 12.6. The summed E-state index contributed by atoms with van der Waals surface area (Å²) >= 11 is 0. The Balaban J connectivity index is 1.78. The number of hydrogen-bond donors (Lipinski definition) is 1. The van der Waals surface area contributed by atoms with Crippen LogP contribution >= 0.6 is 0 Å². The molecule has 0 spiro atoms. The Morgan fingerprint density at radius 3 is 2.39 bits per heavy atom. The van der Waals surface area contributed by atoms with Gasteiger partial charge in [-0.3, -0.25) is 0 Å². The second-order valence-corrected chi connectivity index (χ2v) is 8.15. The zero-order chi connectivity index (χ0) is 22.6. The van der Waals surface area contributed by atoms with Crippen molar-refractivity contribution < 1.29 is 31.8 Å². The van der Waals surface area contributed by atoms with Crippen LogP contribution in [0.5, 0.6) is 11.5 Å². The van der Waals surface area contributed by atoms with Crippen LogP contribution in [0.3, 0.4) is 0 Å². The van der Waals surface area contributed by atoms with E-state index in [0.717, 1.165) is 0 Å². The van der Waals surface area contributed by atoms with Crippen LogP contribution in [-0.2, 0) is 14.8 Å². The van der Waals surface area contributed by atoms with Gasteiger partial charge in [-0.15, -0.1) is 10.2 Å². The van der Waals surface area contributed by atoms with E-state index in [1.807, 2.05) is 0 Å². The number of methoxy groups -OCH3 is 2. The van der Waals surface area contributed by atoms with Crippen molar-refractivity contribution in [3.05, 3.63) is 53.9 Å². The number of nitrogens with zero attached hydrogens (tertiary/aromatic N) is 2. The fourth-order valence-electron chi connectivity index (χ4n) is 2.65. The van der Waals surface area contributed by atoms with Crippen LogP contribution in [0.2, 0.25) is 0 Å². The molecule has 164 valence electrons. The van der Waals surface area contributed by atoms with E-state index in [9.17, 15) is 13.2 Å². The fraction of sp³-hybridized carbons (Fsp3) is 0.250. The van der Waals surface area contributed by atoms with Crippen molar-refractivity contribution in [2.24, 2.45) is 0 Å². The first-order valence-electron chi connectivity index (χ1n) is 9.09. The van der Waals surface area contributed by atoms with E-state index in [1.165, 1.54) is 32.4 Å². The largest absolute Gasteiger partial charge is 0.497 e. The van der Waals surface area contributed by atoms with Crippen LogP contribution in [0.4, 0.5) is 0 Å². The molecule has 10 nitrogen and oxygen atoms in total. The number of benzene rings is 2. The number of ether oxygens (including phenoxy) is 3. The lowest BCUT2D eigenvalue weighted by Crippen LogP contribution is -2.20. The van der Waals surface area contributed by atoms with Crippen molar-refractivity contribution >= 4 is 16.0 Å². The summed E-state index contributed by atoms with van der Waals surface area (Å²) in [5, 5.41) is 7.90. The van der Waals surface area contributed by atoms with Gasteiger partial charge in [0.2, 0.25) is 15.9 Å². The molecule has 3 rings (SSSR count). The van der Waals surface area contributed by atoms with Crippen LogP contribution in [0.15, 0.2) is 51.8 Å². The minimum absolute atomic E-state index is 0.0244. The lowest BCUT2D eigenvalue weighted by molar-refractivity contribution is 0.0279. The molecule has 0 aliphatic heterocycles. The third-order valence-electron chi connectivity index (χ3n) is 4.37. The van der Waals surface area contributed by atoms with Gasteiger partial charge in [-0.05, 0) is 56.4 Å². The predicted octanol–water partition coefficient (Wildman–Crippen LogP) is 2.58. The number of carbonyl (C=O) groups is 1. The third kappa shape index (κ3) is 4.84. The van der Waals surface area contributed by atoms with Gasteiger partial charge in [-0.1, -0.05) is 0 Å². The van der Waals surface area contributed by atoms with Gasteiger partial charge in [-0.25, -0.2) is 17.9 Å². The molecule has 0 amide bonds. The molecule has 1 N–H and O–H groups in total. The quantitative estimate of drug-likeness (QED) is 0.518. The van der Waals surface area contributed by atoms with Crippen molar-refractivity contribution in [1.82, 2.24) is 14.9 Å². The molecule has 0 aliphatic rings. The normalized spacial score (nSPS) is 12.3. The van der Waals surface area contributed by atoms with Crippen molar-refractivity contribution in [3.63, 3.8) is 0 Å². The summed E-state index contributed by atoms with van der Waals surface area (Å²) in [7, 11) is 0.318. The van der Waals surface area contributed by atoms with Gasteiger partial charge < -0.3 is 18.6 Å². The number of rotatable bonds is 8. The molecular weight excluding hydrogens is 426 g/mol. The Morgan fingerprint density at radius 2 is 1.77 bits per heavy atom. The van der Waals surface area contributed by atoms with Crippen molar-refractivity contribution in [3.8, 4) is 23.0 Å². The van der Waals surface area contributed by atoms with E-state index in [4.69, 9.17) is 18.6 Å². The van der Waals surface area contributed by atoms with Crippen LogP contribution in [0.1, 0.15) is 29.3 Å². The Bertz CT molecular complexity index is 1170. The molecule has 0 saturated carbocycles. The molecule has 0 radical (unpaired) electrons. The average molecular weight is 447 g/mol. The molecule has 0 saturated heterocycles. The Labute approximate surface area is 179 Å². The van der Waals surface area contributed by atoms with E-state index < -0.39 is 22.1 Å². The molecular formula is C20H21N3O7S. The number of hydrogen-bond acceptors (Lipinski definition) is 9. The van der Waals surface area contributed by atoms with Gasteiger partial charge in [0.05, 0.1) is 19.8 Å². The minimum atomic E-state index is -3.84. The smallest absolute Gasteiger partial charge is 0.338 e. The minimum Gasteiger partial charge on any atom is -0.497 e. The monoisotopic (exact) mass is 447 g/mol. The second-order valence-electron chi connectivity index (χ2n) is 6.29. The van der Waals surface area contributed by atoms with Crippen LogP contribution < -0.4 is 14.2 Å². The van der Waals surface area contributed by atoms with E-state index in [0.29, 0.717) is 11.3 Å². The maximum Gasteiger partial charge on any atom is 0.338 e. The first-order valence-corrected chi connectivity index (χ1v) is 10.6. The topological polar surface area (TPSA) is 130 Å². The third-order valence-corrected chi connectivity index (χ3v) is 5.80. The van der Waals surface area contributed by atoms with E-state index in [1.54, 1.807) is 38.3 Å². The predicted molar refractivity (Wildman–Crippen MR) is 109 cm³/mol. The number of nitrogens with one attached hydrogen (secondary N) is 1. The van der Waals surface area contributed by atoms with Gasteiger partial charge in [0.1, 0.15) is 16.4 Å². The zero-order valence-electron chi connectivity index (χ0n) is 17.3. The molecule has 31 heavy (non-hydrogen) atoms. The van der Waals surface area contributed by atoms with E-state index in [-0.39, 0.29) is 28.0 Å². The maximum atomic E-state index is 12.6. The molecule has 3 aromatic rings. The molecule has 0 fully saturated rings. The van der Waals surface area contributed by atoms with Gasteiger partial charge in [0.15, 0.2) is 6.10 Å². The number of carbonyl (C=O) groups excluding carboxylic acids is 1. The molecule has 2 aromatic carbocycles. The van der Waals surface area contributed by atoms with Crippen molar-refractivity contribution in [2.75, 3.05) is 21.3 Å². The molecule has 0 aliphatic carbocycles. The standard InChI is InChI=1S/C20H21N3O7S/c1-12(18-22-23-19(30-18)13-5-8-15(27-3)9-6-13)29-20(24)14-7-10-16(28-4)17(11-14)31(25,26)21-2/h5-12,21H,1-4H3/t12-/m1/s1. The lowest BCUT2D eigenvalue weighted by atomic mass is 10.2. The lowest BCUT2D eigenvalue weighted by Gasteiger charge is -2.12. The number of esters is 1. The molecule has 1 aromatic heterocycles. The summed E-state index contributed by atoms with van der Waals surface area (Å²) in [6.07, 6.45) is -0.863. The summed E-state index contributed by atoms with van der Waals surface area (Å²) < 4.78 is 47.7. The second kappa shape index (κ2) is 9.14. The van der Waals surface area contributed by atoms with E-state index >= 15 is 0 Å². The van der Waals surface area contributed by atoms with Crippen molar-refractivity contribution in [1.29, 1.82) is 0 Å². The van der Waals surface area contributed by atoms with Gasteiger partial charge in [0.25, 0.3) is 5.89 Å². The summed E-state index contributed by atoms with van der Waals surface area (Å²) in [5.74, 6) is 0.375. The van der Waals surface area contributed by atoms with Gasteiger partial charge in [0, 0.05) is 5.56 Å². The number of sulfonamides is 1. The highest BCUT2D eigenvalue weighted by molar-refractivity contribution is 7.89. The highest BCUT2D eigenvalue weighted by Crippen LogP contribution is 2.27. The highest BCUT2D eigenvalue weighted by Gasteiger charge is 2.24. The molecule has 0 unspecified atom stereocenters. The molecule has 1 atom stereocenters. The zero-order valence-corrected chi connectivity index (χ0v) is 18.1. The van der Waals surface area contributed by atoms with Crippen molar-refractivity contribution in [2.45, 2.75) is 17.9 Å². The highest BCUT2D eigenvalue weighted by atomic mass is 32.2. The SMILES string of the molecule is CNS(=O)(=O)c1cc(C(=O)O[C@H](C)c2nnc(-c3ccc(OC)cc3)o2)ccc1OC. The fourth-order valence-corrected chi connectivity index (χ4v) is 3.57.